The summed E-state index contributed by atoms with van der Waals surface area (Å²) in [6, 6.07) is 5.25. The predicted octanol–water partition coefficient (Wildman–Crippen LogP) is 1.71. The Hall–Kier alpha value is -2.28. The molecule has 2 amide bonds. The molecule has 3 aliphatic carbocycles. The molecule has 7 heteroatoms. The van der Waals surface area contributed by atoms with Crippen LogP contribution in [0.1, 0.15) is 36.0 Å². The van der Waals surface area contributed by atoms with Gasteiger partial charge in [0.25, 0.3) is 5.91 Å². The highest BCUT2D eigenvalue weighted by Gasteiger charge is 2.57. The lowest BCUT2D eigenvalue weighted by Crippen LogP contribution is -2.67. The summed E-state index contributed by atoms with van der Waals surface area (Å²) in [7, 11) is 3.21. The number of amides is 2. The molecule has 27 heavy (non-hydrogen) atoms. The topological polar surface area (TPSA) is 85.9 Å². The van der Waals surface area contributed by atoms with Crippen molar-refractivity contribution in [1.82, 2.24) is 10.6 Å². The first-order valence-corrected chi connectivity index (χ1v) is 9.52. The Kier molecular flexibility index (Phi) is 4.72. The zero-order valence-corrected chi connectivity index (χ0v) is 15.7. The molecule has 4 atom stereocenters. The van der Waals surface area contributed by atoms with Crippen molar-refractivity contribution in [3.63, 3.8) is 0 Å². The summed E-state index contributed by atoms with van der Waals surface area (Å²) in [6.07, 6.45) is 3.32. The number of hydrogen-bond acceptors (Lipinski definition) is 5. The zero-order valence-electron chi connectivity index (χ0n) is 15.7. The van der Waals surface area contributed by atoms with Crippen LogP contribution in [0.5, 0.6) is 11.5 Å². The normalized spacial score (nSPS) is 31.0. The van der Waals surface area contributed by atoms with E-state index in [9.17, 15) is 9.59 Å². The SMILES string of the molecule is COCCNC(=O)[C@H]1C[C@H]2CC[C@H]1C[C@@]21NC(=O)c2ccc(OC)cc2O1. The van der Waals surface area contributed by atoms with Crippen LogP contribution >= 0.6 is 0 Å². The molecule has 1 aromatic rings. The van der Waals surface area contributed by atoms with E-state index in [1.807, 2.05) is 0 Å². The van der Waals surface area contributed by atoms with Gasteiger partial charge in [-0.1, -0.05) is 0 Å². The Morgan fingerprint density at radius 2 is 2.22 bits per heavy atom. The molecule has 2 bridgehead atoms. The number of carbonyl (C=O) groups is 2. The highest BCUT2D eigenvalue weighted by Crippen LogP contribution is 2.52. The van der Waals surface area contributed by atoms with Gasteiger partial charge in [-0.15, -0.1) is 0 Å². The molecule has 0 aromatic heterocycles. The summed E-state index contributed by atoms with van der Waals surface area (Å²) in [5, 5.41) is 6.08. The number of benzene rings is 1. The molecule has 3 saturated carbocycles. The monoisotopic (exact) mass is 374 g/mol. The van der Waals surface area contributed by atoms with E-state index >= 15 is 0 Å². The quantitative estimate of drug-likeness (QED) is 0.767. The van der Waals surface area contributed by atoms with Gasteiger partial charge in [-0.3, -0.25) is 9.59 Å². The van der Waals surface area contributed by atoms with E-state index in [2.05, 4.69) is 10.6 Å². The van der Waals surface area contributed by atoms with Crippen LogP contribution in [-0.4, -0.2) is 44.9 Å². The molecule has 1 spiro atoms. The number of nitrogens with one attached hydrogen (secondary N) is 2. The highest BCUT2D eigenvalue weighted by molar-refractivity contribution is 5.98. The summed E-state index contributed by atoms with van der Waals surface area (Å²) in [5.74, 6) is 1.47. The van der Waals surface area contributed by atoms with Gasteiger partial charge in [0.2, 0.25) is 5.91 Å². The second-order valence-corrected chi connectivity index (χ2v) is 7.67. The van der Waals surface area contributed by atoms with Crippen molar-refractivity contribution >= 4 is 11.8 Å². The first-order chi connectivity index (χ1) is 13.1. The molecule has 0 saturated heterocycles. The van der Waals surface area contributed by atoms with E-state index in [0.717, 1.165) is 19.3 Å². The second-order valence-electron chi connectivity index (χ2n) is 7.67. The number of fused-ring (bicyclic) bond motifs is 3. The molecule has 3 fully saturated rings. The Balaban J connectivity index is 1.53. The van der Waals surface area contributed by atoms with Gasteiger partial charge in [-0.05, 0) is 37.3 Å². The molecule has 1 aromatic carbocycles. The lowest BCUT2D eigenvalue weighted by molar-refractivity contribution is -0.146. The van der Waals surface area contributed by atoms with Crippen LogP contribution < -0.4 is 20.1 Å². The average Bonchev–Trinajstić information content (AvgIpc) is 2.67. The van der Waals surface area contributed by atoms with Crippen molar-refractivity contribution in [2.24, 2.45) is 17.8 Å². The molecule has 1 heterocycles. The molecule has 4 aliphatic rings. The van der Waals surface area contributed by atoms with Gasteiger partial charge in [-0.25, -0.2) is 0 Å². The van der Waals surface area contributed by atoms with Gasteiger partial charge >= 0.3 is 0 Å². The van der Waals surface area contributed by atoms with E-state index in [1.165, 1.54) is 0 Å². The Labute approximate surface area is 158 Å². The Morgan fingerprint density at radius 3 is 2.93 bits per heavy atom. The third-order valence-corrected chi connectivity index (χ3v) is 6.21. The maximum atomic E-state index is 12.7. The van der Waals surface area contributed by atoms with E-state index < -0.39 is 5.72 Å². The molecular weight excluding hydrogens is 348 g/mol. The lowest BCUT2D eigenvalue weighted by atomic mass is 9.60. The van der Waals surface area contributed by atoms with Crippen LogP contribution in [0, 0.1) is 17.8 Å². The number of carbonyl (C=O) groups excluding carboxylic acids is 2. The standard InChI is InChI=1S/C20H26N2O5/c1-25-8-7-21-18(23)16-9-13-4-3-12(16)11-20(13)22-19(24)15-6-5-14(26-2)10-17(15)27-20/h5-6,10,12-13,16H,3-4,7-9,11H2,1-2H3,(H,21,23)(H,22,24)/t12-,13+,16-,20-/m0/s1. The van der Waals surface area contributed by atoms with Gasteiger partial charge in [0.05, 0.1) is 19.3 Å². The highest BCUT2D eigenvalue weighted by atomic mass is 16.5. The Bertz CT molecular complexity index is 752. The molecule has 0 radical (unpaired) electrons. The largest absolute Gasteiger partial charge is 0.497 e. The maximum Gasteiger partial charge on any atom is 0.258 e. The average molecular weight is 374 g/mol. The van der Waals surface area contributed by atoms with E-state index in [1.54, 1.807) is 32.4 Å². The summed E-state index contributed by atoms with van der Waals surface area (Å²) in [5.41, 5.74) is -0.195. The number of hydrogen-bond donors (Lipinski definition) is 2. The summed E-state index contributed by atoms with van der Waals surface area (Å²) in [4.78, 5) is 25.3. The van der Waals surface area contributed by atoms with Crippen molar-refractivity contribution in [1.29, 1.82) is 0 Å². The minimum Gasteiger partial charge on any atom is -0.497 e. The third-order valence-electron chi connectivity index (χ3n) is 6.21. The number of ether oxygens (including phenoxy) is 3. The van der Waals surface area contributed by atoms with Gasteiger partial charge in [-0.2, -0.15) is 0 Å². The fraction of sp³-hybridized carbons (Fsp3) is 0.600. The molecular formula is C20H26N2O5. The fourth-order valence-corrected chi connectivity index (χ4v) is 4.85. The van der Waals surface area contributed by atoms with Crippen LogP contribution in [0.25, 0.3) is 0 Å². The summed E-state index contributed by atoms with van der Waals surface area (Å²) in [6.45, 7) is 1.03. The molecule has 5 rings (SSSR count). The van der Waals surface area contributed by atoms with E-state index in [0.29, 0.717) is 36.6 Å². The predicted molar refractivity (Wildman–Crippen MR) is 97.6 cm³/mol. The lowest BCUT2D eigenvalue weighted by Gasteiger charge is -2.55. The van der Waals surface area contributed by atoms with Crippen LogP contribution in [-0.2, 0) is 9.53 Å². The fourth-order valence-electron chi connectivity index (χ4n) is 4.85. The number of methoxy groups -OCH3 is 2. The minimum atomic E-state index is -0.720. The molecule has 1 aliphatic heterocycles. The third kappa shape index (κ3) is 3.14. The molecule has 2 N–H and O–H groups in total. The van der Waals surface area contributed by atoms with E-state index in [4.69, 9.17) is 14.2 Å². The van der Waals surface area contributed by atoms with Crippen LogP contribution in [0.2, 0.25) is 0 Å². The van der Waals surface area contributed by atoms with Crippen LogP contribution in [0.4, 0.5) is 0 Å². The molecule has 7 nitrogen and oxygen atoms in total. The van der Waals surface area contributed by atoms with Gasteiger partial charge in [0.15, 0.2) is 5.72 Å². The van der Waals surface area contributed by atoms with Crippen LogP contribution in [0.3, 0.4) is 0 Å². The first kappa shape index (κ1) is 18.1. The second kappa shape index (κ2) is 7.03. The van der Waals surface area contributed by atoms with Gasteiger partial charge < -0.3 is 24.8 Å². The smallest absolute Gasteiger partial charge is 0.258 e. The van der Waals surface area contributed by atoms with Crippen molar-refractivity contribution in [2.75, 3.05) is 27.4 Å². The molecule has 146 valence electrons. The van der Waals surface area contributed by atoms with Gasteiger partial charge in [0.1, 0.15) is 11.5 Å². The summed E-state index contributed by atoms with van der Waals surface area (Å²) < 4.78 is 16.6. The van der Waals surface area contributed by atoms with Crippen molar-refractivity contribution in [3.8, 4) is 11.5 Å². The zero-order chi connectivity index (χ0) is 19.0. The van der Waals surface area contributed by atoms with Crippen molar-refractivity contribution in [2.45, 2.75) is 31.4 Å². The number of rotatable bonds is 5. The van der Waals surface area contributed by atoms with Crippen LogP contribution in [0.15, 0.2) is 18.2 Å². The Morgan fingerprint density at radius 1 is 1.37 bits per heavy atom. The van der Waals surface area contributed by atoms with Crippen molar-refractivity contribution < 1.29 is 23.8 Å². The first-order valence-electron chi connectivity index (χ1n) is 9.52. The summed E-state index contributed by atoms with van der Waals surface area (Å²) >= 11 is 0. The maximum absolute atomic E-state index is 12.7. The van der Waals surface area contributed by atoms with E-state index in [-0.39, 0.29) is 29.6 Å². The van der Waals surface area contributed by atoms with Crippen molar-refractivity contribution in [3.05, 3.63) is 23.8 Å². The minimum absolute atomic E-state index is 0.0292. The van der Waals surface area contributed by atoms with Gasteiger partial charge in [0, 0.05) is 38.0 Å². The molecule has 0 unspecified atom stereocenters.